The minimum atomic E-state index is -0.527. The highest BCUT2D eigenvalue weighted by Gasteiger charge is 2.07. The van der Waals surface area contributed by atoms with Crippen molar-refractivity contribution >= 4 is 29.1 Å². The van der Waals surface area contributed by atoms with Gasteiger partial charge in [-0.15, -0.1) is 11.6 Å². The monoisotopic (exact) mass is 261 g/mol. The molecule has 0 aliphatic heterocycles. The second kappa shape index (κ2) is 6.61. The maximum atomic E-state index is 11.1. The van der Waals surface area contributed by atoms with Gasteiger partial charge >= 0.3 is 0 Å². The van der Waals surface area contributed by atoms with Crippen LogP contribution >= 0.6 is 23.2 Å². The largest absolute Gasteiger partial charge is 0.490 e. The molecular weight excluding hydrogens is 249 g/mol. The van der Waals surface area contributed by atoms with Crippen LogP contribution in [0.15, 0.2) is 24.3 Å². The maximum absolute atomic E-state index is 11.1. The third kappa shape index (κ3) is 4.29. The Balaban J connectivity index is 2.26. The number of benzene rings is 1. The van der Waals surface area contributed by atoms with Crippen molar-refractivity contribution in [3.05, 3.63) is 29.3 Å². The fourth-order valence-corrected chi connectivity index (χ4v) is 1.31. The molecule has 88 valence electrons. The normalized spacial score (nSPS) is 11.9. The maximum Gasteiger partial charge on any atom is 0.237 e. The fraction of sp³-hybridized carbons (Fsp3) is 0.364. The minimum Gasteiger partial charge on any atom is -0.490 e. The molecule has 0 fully saturated rings. The van der Waals surface area contributed by atoms with Gasteiger partial charge in [0.05, 0.1) is 11.6 Å². The molecule has 1 rings (SSSR count). The number of hydrogen-bond donors (Lipinski definition) is 1. The summed E-state index contributed by atoms with van der Waals surface area (Å²) in [4.78, 5) is 11.1. The molecule has 0 heterocycles. The van der Waals surface area contributed by atoms with Crippen LogP contribution in [-0.2, 0) is 4.79 Å². The first kappa shape index (κ1) is 13.1. The first-order valence-corrected chi connectivity index (χ1v) is 5.72. The average Bonchev–Trinajstić information content (AvgIpc) is 2.26. The Kier molecular flexibility index (Phi) is 5.43. The molecule has 0 radical (unpaired) electrons. The van der Waals surface area contributed by atoms with Crippen LogP contribution in [-0.4, -0.2) is 24.4 Å². The standard InChI is InChI=1S/C11H13Cl2NO2/c1-8(12)11(15)14-6-7-16-10-5-3-2-4-9(10)13/h2-5,8H,6-7H2,1H3,(H,14,15). The SMILES string of the molecule is CC(Cl)C(=O)NCCOc1ccccc1Cl. The molecule has 0 saturated carbocycles. The summed E-state index contributed by atoms with van der Waals surface area (Å²) in [6.45, 7) is 2.38. The zero-order chi connectivity index (χ0) is 12.0. The van der Waals surface area contributed by atoms with Crippen molar-refractivity contribution in [2.45, 2.75) is 12.3 Å². The summed E-state index contributed by atoms with van der Waals surface area (Å²) in [7, 11) is 0. The molecule has 16 heavy (non-hydrogen) atoms. The number of para-hydroxylation sites is 1. The summed E-state index contributed by atoms with van der Waals surface area (Å²) in [6.07, 6.45) is 0. The number of carbonyl (C=O) groups excluding carboxylic acids is 1. The molecule has 1 N–H and O–H groups in total. The van der Waals surface area contributed by atoms with Crippen molar-refractivity contribution in [2.24, 2.45) is 0 Å². The molecule has 5 heteroatoms. The van der Waals surface area contributed by atoms with Gasteiger partial charge in [0.25, 0.3) is 0 Å². The lowest BCUT2D eigenvalue weighted by atomic mass is 10.3. The van der Waals surface area contributed by atoms with Gasteiger partial charge in [-0.05, 0) is 19.1 Å². The van der Waals surface area contributed by atoms with E-state index in [1.54, 1.807) is 19.1 Å². The molecular formula is C11H13Cl2NO2. The summed E-state index contributed by atoms with van der Waals surface area (Å²) < 4.78 is 5.38. The number of rotatable bonds is 5. The molecule has 3 nitrogen and oxygen atoms in total. The van der Waals surface area contributed by atoms with Gasteiger partial charge in [0.1, 0.15) is 17.7 Å². The Morgan fingerprint density at radius 1 is 1.50 bits per heavy atom. The van der Waals surface area contributed by atoms with E-state index in [0.29, 0.717) is 23.9 Å². The van der Waals surface area contributed by atoms with Crippen LogP contribution in [0.25, 0.3) is 0 Å². The van der Waals surface area contributed by atoms with E-state index >= 15 is 0 Å². The van der Waals surface area contributed by atoms with Crippen molar-refractivity contribution < 1.29 is 9.53 Å². The predicted molar refractivity (Wildman–Crippen MR) is 65.3 cm³/mol. The molecule has 0 aromatic heterocycles. The number of carbonyl (C=O) groups is 1. The van der Waals surface area contributed by atoms with E-state index in [2.05, 4.69) is 5.32 Å². The van der Waals surface area contributed by atoms with Crippen LogP contribution in [0.2, 0.25) is 5.02 Å². The van der Waals surface area contributed by atoms with Gasteiger partial charge in [-0.25, -0.2) is 0 Å². The van der Waals surface area contributed by atoms with Crippen molar-refractivity contribution in [1.82, 2.24) is 5.32 Å². The highest BCUT2D eigenvalue weighted by molar-refractivity contribution is 6.32. The Bertz CT molecular complexity index is 356. The van der Waals surface area contributed by atoms with Crippen LogP contribution in [0, 0.1) is 0 Å². The van der Waals surface area contributed by atoms with Crippen LogP contribution in [0.1, 0.15) is 6.92 Å². The van der Waals surface area contributed by atoms with Crippen molar-refractivity contribution in [3.8, 4) is 5.75 Å². The molecule has 1 unspecified atom stereocenters. The first-order chi connectivity index (χ1) is 7.61. The van der Waals surface area contributed by atoms with Gasteiger partial charge in [0, 0.05) is 0 Å². The molecule has 0 aliphatic carbocycles. The summed E-state index contributed by atoms with van der Waals surface area (Å²) in [5.74, 6) is 0.404. The first-order valence-electron chi connectivity index (χ1n) is 4.90. The van der Waals surface area contributed by atoms with Gasteiger partial charge in [0.2, 0.25) is 5.91 Å². The van der Waals surface area contributed by atoms with Crippen LogP contribution in [0.5, 0.6) is 5.75 Å². The fourth-order valence-electron chi connectivity index (χ4n) is 1.04. The number of amides is 1. The minimum absolute atomic E-state index is 0.204. The summed E-state index contributed by atoms with van der Waals surface area (Å²) >= 11 is 11.5. The molecule has 1 amide bonds. The lowest BCUT2D eigenvalue weighted by Crippen LogP contribution is -2.32. The third-order valence-electron chi connectivity index (χ3n) is 1.86. The molecule has 0 spiro atoms. The third-order valence-corrected chi connectivity index (χ3v) is 2.37. The Hall–Kier alpha value is -0.930. The topological polar surface area (TPSA) is 38.3 Å². The van der Waals surface area contributed by atoms with Gasteiger partial charge < -0.3 is 10.1 Å². The molecule has 1 aromatic carbocycles. The van der Waals surface area contributed by atoms with Crippen molar-refractivity contribution in [2.75, 3.05) is 13.2 Å². The van der Waals surface area contributed by atoms with Gasteiger partial charge in [0.15, 0.2) is 0 Å². The van der Waals surface area contributed by atoms with Gasteiger partial charge in [-0.3, -0.25) is 4.79 Å². The highest BCUT2D eigenvalue weighted by atomic mass is 35.5. The zero-order valence-electron chi connectivity index (χ0n) is 8.87. The van der Waals surface area contributed by atoms with E-state index in [1.165, 1.54) is 0 Å². The van der Waals surface area contributed by atoms with Crippen molar-refractivity contribution in [3.63, 3.8) is 0 Å². The van der Waals surface area contributed by atoms with E-state index in [-0.39, 0.29) is 5.91 Å². The summed E-state index contributed by atoms with van der Waals surface area (Å²) in [6, 6.07) is 7.18. The zero-order valence-corrected chi connectivity index (χ0v) is 10.4. The number of halogens is 2. The number of ether oxygens (including phenoxy) is 1. The molecule has 0 saturated heterocycles. The van der Waals surface area contributed by atoms with E-state index in [4.69, 9.17) is 27.9 Å². The molecule has 1 aromatic rings. The Morgan fingerprint density at radius 2 is 2.19 bits per heavy atom. The van der Waals surface area contributed by atoms with E-state index in [9.17, 15) is 4.79 Å². The summed E-state index contributed by atoms with van der Waals surface area (Å²) in [5, 5.41) is 2.66. The van der Waals surface area contributed by atoms with Gasteiger partial charge in [-0.2, -0.15) is 0 Å². The molecule has 0 bridgehead atoms. The molecule has 0 aliphatic rings. The van der Waals surface area contributed by atoms with E-state index in [0.717, 1.165) is 0 Å². The lowest BCUT2D eigenvalue weighted by molar-refractivity contribution is -0.120. The van der Waals surface area contributed by atoms with E-state index < -0.39 is 5.38 Å². The number of nitrogens with one attached hydrogen (secondary N) is 1. The average molecular weight is 262 g/mol. The quantitative estimate of drug-likeness (QED) is 0.654. The summed E-state index contributed by atoms with van der Waals surface area (Å²) in [5.41, 5.74) is 0. The van der Waals surface area contributed by atoms with Crippen LogP contribution in [0.4, 0.5) is 0 Å². The van der Waals surface area contributed by atoms with Crippen LogP contribution in [0.3, 0.4) is 0 Å². The van der Waals surface area contributed by atoms with E-state index in [1.807, 2.05) is 12.1 Å². The van der Waals surface area contributed by atoms with Crippen molar-refractivity contribution in [1.29, 1.82) is 0 Å². The second-order valence-corrected chi connectivity index (χ2v) is 4.25. The Morgan fingerprint density at radius 3 is 2.81 bits per heavy atom. The number of alkyl halides is 1. The Labute approximate surface area is 105 Å². The van der Waals surface area contributed by atoms with Gasteiger partial charge in [-0.1, -0.05) is 23.7 Å². The highest BCUT2D eigenvalue weighted by Crippen LogP contribution is 2.22. The lowest BCUT2D eigenvalue weighted by Gasteiger charge is -2.09. The smallest absolute Gasteiger partial charge is 0.237 e. The molecule has 1 atom stereocenters. The second-order valence-electron chi connectivity index (χ2n) is 3.19. The number of hydrogen-bond acceptors (Lipinski definition) is 2. The predicted octanol–water partition coefficient (Wildman–Crippen LogP) is 2.46. The van der Waals surface area contributed by atoms with Crippen LogP contribution < -0.4 is 10.1 Å².